The van der Waals surface area contributed by atoms with Crippen LogP contribution < -0.4 is 10.1 Å². The number of hydrogen-bond donors (Lipinski definition) is 2. The van der Waals surface area contributed by atoms with Crippen LogP contribution >= 0.6 is 0 Å². The summed E-state index contributed by atoms with van der Waals surface area (Å²) in [5, 5.41) is 11.4. The molecule has 0 bridgehead atoms. The van der Waals surface area contributed by atoms with E-state index in [4.69, 9.17) is 9.73 Å². The Balaban J connectivity index is 1.92. The topological polar surface area (TPSA) is 79.4 Å². The van der Waals surface area contributed by atoms with Crippen LogP contribution in [0.3, 0.4) is 0 Å². The number of benzene rings is 2. The molecular weight excluding hydrogens is 376 g/mol. The molecule has 0 unspecified atom stereocenters. The highest BCUT2D eigenvalue weighted by molar-refractivity contribution is 6.07. The minimum atomic E-state index is 0.0304. The van der Waals surface area contributed by atoms with Gasteiger partial charge < -0.3 is 10.1 Å². The number of hydrogen-bond acceptors (Lipinski definition) is 4. The van der Waals surface area contributed by atoms with Gasteiger partial charge in [0.25, 0.3) is 0 Å². The molecule has 6 nitrogen and oxygen atoms in total. The smallest absolute Gasteiger partial charge is 0.157 e. The van der Waals surface area contributed by atoms with Crippen LogP contribution in [-0.4, -0.2) is 28.9 Å². The summed E-state index contributed by atoms with van der Waals surface area (Å²) in [4.78, 5) is 15.5. The number of nitrogens with one attached hydrogen (secondary N) is 2. The molecule has 2 N–H and O–H groups in total. The van der Waals surface area contributed by atoms with Crippen molar-refractivity contribution in [3.8, 4) is 5.75 Å². The monoisotopic (exact) mass is 402 g/mol. The van der Waals surface area contributed by atoms with Crippen molar-refractivity contribution in [2.75, 3.05) is 11.9 Å². The van der Waals surface area contributed by atoms with Gasteiger partial charge in [-0.3, -0.25) is 9.89 Å². The molecule has 1 heterocycles. The molecule has 3 rings (SSSR count). The number of ether oxygens (including phenoxy) is 1. The van der Waals surface area contributed by atoms with E-state index in [1.54, 1.807) is 6.20 Å². The molecule has 0 aliphatic heterocycles. The van der Waals surface area contributed by atoms with E-state index in [0.717, 1.165) is 52.8 Å². The summed E-state index contributed by atoms with van der Waals surface area (Å²) in [7, 11) is 0. The minimum Gasteiger partial charge on any atom is -0.486 e. The van der Waals surface area contributed by atoms with Gasteiger partial charge in [-0.25, -0.2) is 4.99 Å². The molecule has 0 atom stereocenters. The molecule has 0 spiro atoms. The molecule has 0 amide bonds. The molecule has 30 heavy (non-hydrogen) atoms. The quantitative estimate of drug-likeness (QED) is 0.287. The lowest BCUT2D eigenvalue weighted by Crippen LogP contribution is -2.09. The summed E-state index contributed by atoms with van der Waals surface area (Å²) in [5.74, 6) is 1.37. The van der Waals surface area contributed by atoms with Crippen molar-refractivity contribution in [2.24, 2.45) is 4.99 Å². The van der Waals surface area contributed by atoms with Crippen LogP contribution in [0.2, 0.25) is 0 Å². The lowest BCUT2D eigenvalue weighted by molar-refractivity contribution is -0.109. The summed E-state index contributed by atoms with van der Waals surface area (Å²) in [6.45, 7) is 4.12. The Morgan fingerprint density at radius 1 is 1.27 bits per heavy atom. The van der Waals surface area contributed by atoms with Crippen molar-refractivity contribution in [3.05, 3.63) is 72.5 Å². The maximum absolute atomic E-state index is 10.6. The Hall–Kier alpha value is -3.67. The lowest BCUT2D eigenvalue weighted by atomic mass is 10.1. The number of aliphatic imine (C=N–C) groups is 1. The van der Waals surface area contributed by atoms with Crippen molar-refractivity contribution in [1.29, 1.82) is 0 Å². The van der Waals surface area contributed by atoms with Crippen LogP contribution in [0.1, 0.15) is 32.3 Å². The highest BCUT2D eigenvalue weighted by atomic mass is 16.5. The normalized spacial score (nSPS) is 12.5. The number of aromatic nitrogens is 2. The van der Waals surface area contributed by atoms with Gasteiger partial charge in [0.2, 0.25) is 0 Å². The second kappa shape index (κ2) is 10.8. The Labute approximate surface area is 176 Å². The zero-order valence-electron chi connectivity index (χ0n) is 17.3. The number of fused-ring (bicyclic) bond motifs is 1. The maximum atomic E-state index is 10.6. The largest absolute Gasteiger partial charge is 0.486 e. The first kappa shape index (κ1) is 21.0. The van der Waals surface area contributed by atoms with Gasteiger partial charge >= 0.3 is 0 Å². The van der Waals surface area contributed by atoms with E-state index in [9.17, 15) is 4.79 Å². The molecular formula is C24H26N4O2. The summed E-state index contributed by atoms with van der Waals surface area (Å²) in [5.41, 5.74) is 3.69. The third-order valence-corrected chi connectivity index (χ3v) is 4.35. The van der Waals surface area contributed by atoms with Crippen molar-refractivity contribution < 1.29 is 9.53 Å². The first-order valence-corrected chi connectivity index (χ1v) is 10.0. The highest BCUT2D eigenvalue weighted by Gasteiger charge is 2.06. The van der Waals surface area contributed by atoms with Gasteiger partial charge in [0, 0.05) is 16.6 Å². The Kier molecular flexibility index (Phi) is 7.55. The van der Waals surface area contributed by atoms with Gasteiger partial charge in [-0.15, -0.1) is 0 Å². The number of carbonyl (C=O) groups is 1. The van der Waals surface area contributed by atoms with E-state index < -0.39 is 0 Å². The summed E-state index contributed by atoms with van der Waals surface area (Å²) < 4.78 is 5.45. The van der Waals surface area contributed by atoms with Crippen molar-refractivity contribution >= 4 is 34.4 Å². The number of aldehydes is 1. The van der Waals surface area contributed by atoms with Gasteiger partial charge in [0.1, 0.15) is 18.2 Å². The zero-order valence-corrected chi connectivity index (χ0v) is 17.3. The molecule has 1 aromatic heterocycles. The molecule has 0 saturated carbocycles. The lowest BCUT2D eigenvalue weighted by Gasteiger charge is -2.10. The SMILES string of the molecule is C/C=C\C(=NC(=CCCC)c1cccc(OCC=O)c1)Nc1ccc2[nH]ncc2c1. The van der Waals surface area contributed by atoms with Crippen LogP contribution in [0, 0.1) is 0 Å². The molecule has 0 aliphatic rings. The van der Waals surface area contributed by atoms with Gasteiger partial charge in [-0.1, -0.05) is 37.6 Å². The van der Waals surface area contributed by atoms with E-state index >= 15 is 0 Å². The van der Waals surface area contributed by atoms with E-state index in [2.05, 4.69) is 28.5 Å². The second-order valence-electron chi connectivity index (χ2n) is 6.68. The number of aromatic amines is 1. The fourth-order valence-corrected chi connectivity index (χ4v) is 2.95. The first-order chi connectivity index (χ1) is 14.7. The standard InChI is InChI=1S/C24H26N4O2/c1-3-5-10-22(18-8-6-9-21(16-18)30-14-13-29)27-24(7-4-2)26-20-11-12-23-19(15-20)17-25-28-23/h4,6-13,15-17H,3,5,14H2,1-2H3,(H,25,28)(H,26,27)/b7-4-,22-10?. The summed E-state index contributed by atoms with van der Waals surface area (Å²) in [6.07, 6.45) is 10.5. The van der Waals surface area contributed by atoms with Gasteiger partial charge in [0.05, 0.1) is 17.4 Å². The van der Waals surface area contributed by atoms with E-state index in [-0.39, 0.29) is 6.61 Å². The number of nitrogens with zero attached hydrogens (tertiary/aromatic N) is 2. The average molecular weight is 402 g/mol. The molecule has 0 saturated heterocycles. The minimum absolute atomic E-state index is 0.0304. The fraction of sp³-hybridized carbons (Fsp3) is 0.208. The van der Waals surface area contributed by atoms with E-state index in [1.165, 1.54) is 0 Å². The number of carbonyl (C=O) groups excluding carboxylic acids is 1. The third-order valence-electron chi connectivity index (χ3n) is 4.35. The molecule has 2 aromatic carbocycles. The Morgan fingerprint density at radius 3 is 2.97 bits per heavy atom. The van der Waals surface area contributed by atoms with Crippen molar-refractivity contribution in [1.82, 2.24) is 10.2 Å². The van der Waals surface area contributed by atoms with Gasteiger partial charge in [0.15, 0.2) is 6.29 Å². The second-order valence-corrected chi connectivity index (χ2v) is 6.68. The molecule has 0 fully saturated rings. The average Bonchev–Trinajstić information content (AvgIpc) is 3.23. The van der Waals surface area contributed by atoms with Crippen LogP contribution in [0.25, 0.3) is 16.6 Å². The summed E-state index contributed by atoms with van der Waals surface area (Å²) >= 11 is 0. The number of amidine groups is 1. The van der Waals surface area contributed by atoms with Gasteiger partial charge in [-0.05, 0) is 49.8 Å². The fourth-order valence-electron chi connectivity index (χ4n) is 2.95. The summed E-state index contributed by atoms with van der Waals surface area (Å²) in [6, 6.07) is 13.6. The molecule has 0 aliphatic carbocycles. The highest BCUT2D eigenvalue weighted by Crippen LogP contribution is 2.23. The number of H-pyrrole nitrogens is 1. The van der Waals surface area contributed by atoms with Crippen molar-refractivity contribution in [2.45, 2.75) is 26.7 Å². The molecule has 6 heteroatoms. The van der Waals surface area contributed by atoms with Gasteiger partial charge in [-0.2, -0.15) is 5.10 Å². The number of rotatable bonds is 9. The van der Waals surface area contributed by atoms with E-state index in [1.807, 2.05) is 61.5 Å². The van der Waals surface area contributed by atoms with Crippen LogP contribution in [-0.2, 0) is 4.79 Å². The maximum Gasteiger partial charge on any atom is 0.157 e. The third kappa shape index (κ3) is 5.67. The molecule has 154 valence electrons. The van der Waals surface area contributed by atoms with Crippen LogP contribution in [0.4, 0.5) is 5.69 Å². The number of unbranched alkanes of at least 4 members (excludes halogenated alkanes) is 1. The molecule has 0 radical (unpaired) electrons. The predicted octanol–water partition coefficient (Wildman–Crippen LogP) is 5.37. The zero-order chi connectivity index (χ0) is 21.2. The van der Waals surface area contributed by atoms with Crippen LogP contribution in [0.15, 0.2) is 71.9 Å². The first-order valence-electron chi connectivity index (χ1n) is 10.0. The van der Waals surface area contributed by atoms with Crippen molar-refractivity contribution in [3.63, 3.8) is 0 Å². The number of anilines is 1. The Morgan fingerprint density at radius 2 is 2.17 bits per heavy atom. The molecule has 3 aromatic rings. The Bertz CT molecular complexity index is 1080. The predicted molar refractivity (Wildman–Crippen MR) is 123 cm³/mol. The van der Waals surface area contributed by atoms with Crippen LogP contribution in [0.5, 0.6) is 5.75 Å². The number of allylic oxidation sites excluding steroid dienone is 2. The van der Waals surface area contributed by atoms with E-state index in [0.29, 0.717) is 5.75 Å².